The molecule has 7 heteroatoms. The number of benzene rings is 1. The zero-order chi connectivity index (χ0) is 15.5. The third-order valence-electron chi connectivity index (χ3n) is 3.64. The highest BCUT2D eigenvalue weighted by Crippen LogP contribution is 2.25. The summed E-state index contributed by atoms with van der Waals surface area (Å²) in [6.45, 7) is 1.39. The molecular formula is C15H14N4O3. The summed E-state index contributed by atoms with van der Waals surface area (Å²) in [5.41, 5.74) is 0.879. The van der Waals surface area contributed by atoms with E-state index >= 15 is 0 Å². The molecular weight excluding hydrogens is 284 g/mol. The monoisotopic (exact) mass is 298 g/mol. The number of aromatic nitrogens is 1. The first-order valence-corrected chi connectivity index (χ1v) is 7.01. The Morgan fingerprint density at radius 3 is 3.00 bits per heavy atom. The van der Waals surface area contributed by atoms with E-state index in [9.17, 15) is 15.4 Å². The SMILES string of the molecule is N#Cc1cc(NC2CCCOC2)nc2ccc([N+](=O)[O-])cc12. The smallest absolute Gasteiger partial charge is 0.270 e. The highest BCUT2D eigenvalue weighted by atomic mass is 16.6. The number of rotatable bonds is 3. The van der Waals surface area contributed by atoms with Gasteiger partial charge in [0.1, 0.15) is 5.82 Å². The van der Waals surface area contributed by atoms with E-state index in [4.69, 9.17) is 4.74 Å². The molecule has 1 atom stereocenters. The first kappa shape index (κ1) is 14.2. The summed E-state index contributed by atoms with van der Waals surface area (Å²) in [7, 11) is 0. The molecule has 2 heterocycles. The highest BCUT2D eigenvalue weighted by molar-refractivity contribution is 5.88. The second-order valence-corrected chi connectivity index (χ2v) is 5.18. The molecule has 7 nitrogen and oxygen atoms in total. The fraction of sp³-hybridized carbons (Fsp3) is 0.333. The summed E-state index contributed by atoms with van der Waals surface area (Å²) in [5.74, 6) is 0.591. The molecule has 1 aromatic carbocycles. The number of nitro benzene ring substituents is 1. The van der Waals surface area contributed by atoms with Gasteiger partial charge in [-0.1, -0.05) is 0 Å². The van der Waals surface area contributed by atoms with Gasteiger partial charge in [-0.05, 0) is 25.0 Å². The third kappa shape index (κ3) is 2.82. The lowest BCUT2D eigenvalue weighted by atomic mass is 10.1. The molecule has 0 radical (unpaired) electrons. The minimum absolute atomic E-state index is 0.0489. The van der Waals surface area contributed by atoms with Crippen molar-refractivity contribution in [1.29, 1.82) is 5.26 Å². The average Bonchev–Trinajstić information content (AvgIpc) is 2.54. The van der Waals surface area contributed by atoms with Gasteiger partial charge in [-0.3, -0.25) is 10.1 Å². The number of nitriles is 1. The molecule has 1 aromatic heterocycles. The summed E-state index contributed by atoms with van der Waals surface area (Å²) in [4.78, 5) is 14.8. The van der Waals surface area contributed by atoms with E-state index in [0.717, 1.165) is 19.4 Å². The molecule has 3 rings (SSSR count). The van der Waals surface area contributed by atoms with Gasteiger partial charge in [-0.15, -0.1) is 0 Å². The largest absolute Gasteiger partial charge is 0.379 e. The average molecular weight is 298 g/mol. The van der Waals surface area contributed by atoms with Crippen molar-refractivity contribution in [2.75, 3.05) is 18.5 Å². The molecule has 0 spiro atoms. The Morgan fingerprint density at radius 1 is 1.45 bits per heavy atom. The van der Waals surface area contributed by atoms with Crippen LogP contribution in [0.25, 0.3) is 10.9 Å². The standard InChI is InChI=1S/C15H14N4O3/c16-8-10-6-15(17-11-2-1-5-22-9-11)18-14-4-3-12(19(20)21)7-13(10)14/h3-4,6-7,11H,1-2,5,9H2,(H,17,18). The van der Waals surface area contributed by atoms with Crippen LogP contribution in [0.2, 0.25) is 0 Å². The fourth-order valence-electron chi connectivity index (χ4n) is 2.56. The quantitative estimate of drug-likeness (QED) is 0.690. The van der Waals surface area contributed by atoms with Crippen molar-refractivity contribution >= 4 is 22.4 Å². The lowest BCUT2D eigenvalue weighted by Crippen LogP contribution is -2.30. The maximum absolute atomic E-state index is 10.8. The number of nitrogens with zero attached hydrogens (tertiary/aromatic N) is 3. The minimum Gasteiger partial charge on any atom is -0.379 e. The normalized spacial score (nSPS) is 17.9. The van der Waals surface area contributed by atoms with Crippen LogP contribution in [0, 0.1) is 21.4 Å². The number of nitro groups is 1. The zero-order valence-electron chi connectivity index (χ0n) is 11.8. The van der Waals surface area contributed by atoms with Crippen molar-refractivity contribution in [2.24, 2.45) is 0 Å². The Labute approximate surface area is 126 Å². The molecule has 22 heavy (non-hydrogen) atoms. The zero-order valence-corrected chi connectivity index (χ0v) is 11.8. The third-order valence-corrected chi connectivity index (χ3v) is 3.64. The number of non-ortho nitro benzene ring substituents is 1. The number of hydrogen-bond acceptors (Lipinski definition) is 6. The van der Waals surface area contributed by atoms with Crippen molar-refractivity contribution < 1.29 is 9.66 Å². The minimum atomic E-state index is -0.480. The lowest BCUT2D eigenvalue weighted by Gasteiger charge is -2.23. The van der Waals surface area contributed by atoms with E-state index in [1.165, 1.54) is 12.1 Å². The number of anilines is 1. The van der Waals surface area contributed by atoms with Gasteiger partial charge in [0.2, 0.25) is 0 Å². The Balaban J connectivity index is 1.98. The molecule has 1 fully saturated rings. The second-order valence-electron chi connectivity index (χ2n) is 5.18. The number of nitrogens with one attached hydrogen (secondary N) is 1. The molecule has 1 unspecified atom stereocenters. The van der Waals surface area contributed by atoms with E-state index in [-0.39, 0.29) is 11.7 Å². The van der Waals surface area contributed by atoms with Gasteiger partial charge in [-0.25, -0.2) is 4.98 Å². The summed E-state index contributed by atoms with van der Waals surface area (Å²) in [6.07, 6.45) is 1.98. The van der Waals surface area contributed by atoms with Crippen LogP contribution >= 0.6 is 0 Å². The van der Waals surface area contributed by atoms with E-state index < -0.39 is 4.92 Å². The predicted octanol–water partition coefficient (Wildman–Crippen LogP) is 2.61. The predicted molar refractivity (Wildman–Crippen MR) is 80.6 cm³/mol. The van der Waals surface area contributed by atoms with Crippen LogP contribution < -0.4 is 5.32 Å². The second kappa shape index (κ2) is 5.95. The van der Waals surface area contributed by atoms with E-state index in [1.54, 1.807) is 12.1 Å². The topological polar surface area (TPSA) is 101 Å². The van der Waals surface area contributed by atoms with Gasteiger partial charge in [-0.2, -0.15) is 5.26 Å². The van der Waals surface area contributed by atoms with Gasteiger partial charge < -0.3 is 10.1 Å². The highest BCUT2D eigenvalue weighted by Gasteiger charge is 2.16. The van der Waals surface area contributed by atoms with Crippen molar-refractivity contribution in [3.8, 4) is 6.07 Å². The van der Waals surface area contributed by atoms with Crippen molar-refractivity contribution in [3.05, 3.63) is 39.9 Å². The van der Waals surface area contributed by atoms with Crippen LogP contribution in [0.5, 0.6) is 0 Å². The molecule has 0 aliphatic carbocycles. The summed E-state index contributed by atoms with van der Waals surface area (Å²) >= 11 is 0. The molecule has 0 bridgehead atoms. The van der Waals surface area contributed by atoms with Crippen LogP contribution in [0.15, 0.2) is 24.3 Å². The number of ether oxygens (including phenoxy) is 1. The summed E-state index contributed by atoms with van der Waals surface area (Å²) in [6, 6.07) is 8.22. The van der Waals surface area contributed by atoms with Crippen LogP contribution in [-0.2, 0) is 4.74 Å². The molecule has 1 N–H and O–H groups in total. The van der Waals surface area contributed by atoms with E-state index in [0.29, 0.717) is 28.9 Å². The van der Waals surface area contributed by atoms with Crippen LogP contribution in [0.3, 0.4) is 0 Å². The Morgan fingerprint density at radius 2 is 2.32 bits per heavy atom. The van der Waals surface area contributed by atoms with Crippen molar-refractivity contribution in [3.63, 3.8) is 0 Å². The lowest BCUT2D eigenvalue weighted by molar-refractivity contribution is -0.384. The van der Waals surface area contributed by atoms with E-state index in [2.05, 4.69) is 16.4 Å². The van der Waals surface area contributed by atoms with Crippen LogP contribution in [0.4, 0.5) is 11.5 Å². The molecule has 2 aromatic rings. The molecule has 112 valence electrons. The maximum atomic E-state index is 10.8. The van der Waals surface area contributed by atoms with Gasteiger partial charge in [0.05, 0.1) is 34.7 Å². The number of pyridine rings is 1. The maximum Gasteiger partial charge on any atom is 0.270 e. The van der Waals surface area contributed by atoms with Gasteiger partial charge in [0.15, 0.2) is 0 Å². The molecule has 0 saturated carbocycles. The molecule has 1 aliphatic heterocycles. The van der Waals surface area contributed by atoms with Crippen molar-refractivity contribution in [2.45, 2.75) is 18.9 Å². The van der Waals surface area contributed by atoms with Gasteiger partial charge in [0.25, 0.3) is 5.69 Å². The first-order chi connectivity index (χ1) is 10.7. The molecule has 1 aliphatic rings. The Hall–Kier alpha value is -2.72. The van der Waals surface area contributed by atoms with Gasteiger partial charge in [0, 0.05) is 24.1 Å². The fourth-order valence-corrected chi connectivity index (χ4v) is 2.56. The molecule has 0 amide bonds. The van der Waals surface area contributed by atoms with Crippen LogP contribution in [0.1, 0.15) is 18.4 Å². The number of fused-ring (bicyclic) bond motifs is 1. The summed E-state index contributed by atoms with van der Waals surface area (Å²) in [5, 5.41) is 23.9. The number of hydrogen-bond donors (Lipinski definition) is 1. The van der Waals surface area contributed by atoms with Gasteiger partial charge >= 0.3 is 0 Å². The Kier molecular flexibility index (Phi) is 3.85. The first-order valence-electron chi connectivity index (χ1n) is 7.01. The summed E-state index contributed by atoms with van der Waals surface area (Å²) < 4.78 is 5.41. The van der Waals surface area contributed by atoms with Crippen molar-refractivity contribution in [1.82, 2.24) is 4.98 Å². The Bertz CT molecular complexity index is 763. The molecule has 1 saturated heterocycles. The van der Waals surface area contributed by atoms with E-state index in [1.807, 2.05) is 0 Å². The van der Waals surface area contributed by atoms with Crippen LogP contribution in [-0.4, -0.2) is 29.2 Å².